The third-order valence-corrected chi connectivity index (χ3v) is 3.71. The number of nitrogens with two attached hydrogens (primary N) is 1. The minimum atomic E-state index is -0.857. The number of nitriles is 2. The van der Waals surface area contributed by atoms with E-state index in [0.717, 1.165) is 0 Å². The average molecular weight is 325 g/mol. The zero-order valence-electron chi connectivity index (χ0n) is 12.7. The van der Waals surface area contributed by atoms with Gasteiger partial charge in [-0.3, -0.25) is 14.9 Å². The quantitative estimate of drug-likeness (QED) is 0.555. The molecule has 1 aromatic carbocycles. The van der Waals surface area contributed by atoms with Gasteiger partial charge in [0.2, 0.25) is 5.75 Å². The van der Waals surface area contributed by atoms with Gasteiger partial charge < -0.3 is 15.8 Å². The Morgan fingerprint density at radius 3 is 2.38 bits per heavy atom. The van der Waals surface area contributed by atoms with Crippen LogP contribution in [-0.2, 0) is 0 Å². The summed E-state index contributed by atoms with van der Waals surface area (Å²) < 4.78 is 0. The van der Waals surface area contributed by atoms with Crippen LogP contribution >= 0.6 is 0 Å². The van der Waals surface area contributed by atoms with E-state index in [1.165, 1.54) is 13.0 Å². The van der Waals surface area contributed by atoms with Gasteiger partial charge in [-0.25, -0.2) is 0 Å². The van der Waals surface area contributed by atoms with Crippen molar-refractivity contribution in [2.75, 3.05) is 5.73 Å². The molecule has 24 heavy (non-hydrogen) atoms. The van der Waals surface area contributed by atoms with Gasteiger partial charge in [0.25, 0.3) is 5.56 Å². The Morgan fingerprint density at radius 1 is 1.29 bits per heavy atom. The Bertz CT molecular complexity index is 1020. The molecule has 0 saturated heterocycles. The van der Waals surface area contributed by atoms with Crippen LogP contribution in [0.1, 0.15) is 22.3 Å². The van der Waals surface area contributed by atoms with E-state index in [2.05, 4.69) is 4.98 Å². The van der Waals surface area contributed by atoms with E-state index in [4.69, 9.17) is 5.73 Å². The number of hydrogen-bond donors (Lipinski definition) is 3. The molecule has 0 amide bonds. The fourth-order valence-corrected chi connectivity index (χ4v) is 2.41. The van der Waals surface area contributed by atoms with Gasteiger partial charge in [-0.15, -0.1) is 0 Å². The number of phenols is 1. The molecule has 0 unspecified atom stereocenters. The van der Waals surface area contributed by atoms with Crippen LogP contribution in [0, 0.1) is 46.6 Å². The number of hydrogen-bond acceptors (Lipinski definition) is 7. The lowest BCUT2D eigenvalue weighted by molar-refractivity contribution is -0.386. The summed E-state index contributed by atoms with van der Waals surface area (Å²) in [7, 11) is 0. The van der Waals surface area contributed by atoms with Crippen LogP contribution in [0.4, 0.5) is 11.5 Å². The molecular weight excluding hydrogens is 314 g/mol. The van der Waals surface area contributed by atoms with Crippen molar-refractivity contribution < 1.29 is 10.0 Å². The second-order valence-corrected chi connectivity index (χ2v) is 5.04. The summed E-state index contributed by atoms with van der Waals surface area (Å²) in [5.74, 6) is -1.03. The van der Waals surface area contributed by atoms with Crippen molar-refractivity contribution in [2.45, 2.75) is 13.8 Å². The first-order chi connectivity index (χ1) is 11.2. The van der Waals surface area contributed by atoms with Crippen molar-refractivity contribution in [1.29, 1.82) is 10.5 Å². The van der Waals surface area contributed by atoms with Crippen molar-refractivity contribution >= 4 is 11.5 Å². The van der Waals surface area contributed by atoms with Gasteiger partial charge in [0.15, 0.2) is 0 Å². The highest BCUT2D eigenvalue weighted by Crippen LogP contribution is 2.43. The molecule has 4 N–H and O–H groups in total. The number of aryl methyl sites for hydroxylation is 1. The monoisotopic (exact) mass is 325 g/mol. The summed E-state index contributed by atoms with van der Waals surface area (Å²) in [6.45, 7) is 3.03. The molecular formula is C15H11N5O4. The van der Waals surface area contributed by atoms with Crippen LogP contribution < -0.4 is 11.3 Å². The third-order valence-electron chi connectivity index (χ3n) is 3.71. The second-order valence-electron chi connectivity index (χ2n) is 5.04. The van der Waals surface area contributed by atoms with Gasteiger partial charge in [0.05, 0.1) is 4.92 Å². The van der Waals surface area contributed by atoms with Crippen molar-refractivity contribution in [3.8, 4) is 29.0 Å². The zero-order valence-corrected chi connectivity index (χ0v) is 12.7. The SMILES string of the molecule is Cc1cc(-c2c(C#N)c(N)[nH]c(=O)c2C#N)c(O)c([N+](=O)[O-])c1C. The average Bonchev–Trinajstić information content (AvgIpc) is 2.50. The van der Waals surface area contributed by atoms with Gasteiger partial charge in [0, 0.05) is 16.7 Å². The van der Waals surface area contributed by atoms with Crippen molar-refractivity contribution in [2.24, 2.45) is 0 Å². The number of anilines is 1. The smallest absolute Gasteiger partial charge is 0.314 e. The van der Waals surface area contributed by atoms with E-state index in [1.807, 2.05) is 0 Å². The maximum Gasteiger partial charge on any atom is 0.314 e. The highest BCUT2D eigenvalue weighted by Gasteiger charge is 2.28. The van der Waals surface area contributed by atoms with E-state index in [1.54, 1.807) is 19.1 Å². The third kappa shape index (κ3) is 2.30. The largest absolute Gasteiger partial charge is 0.502 e. The minimum absolute atomic E-state index is 0.171. The molecule has 2 rings (SSSR count). The maximum absolute atomic E-state index is 11.9. The predicted octanol–water partition coefficient (Wildman–Crippen LogP) is 1.60. The van der Waals surface area contributed by atoms with Crippen LogP contribution in [0.15, 0.2) is 10.9 Å². The molecule has 0 saturated carbocycles. The molecule has 0 fully saturated rings. The van der Waals surface area contributed by atoms with E-state index < -0.39 is 27.5 Å². The number of nitrogens with zero attached hydrogens (tertiary/aromatic N) is 3. The molecule has 0 spiro atoms. The highest BCUT2D eigenvalue weighted by molar-refractivity contribution is 5.86. The lowest BCUT2D eigenvalue weighted by Gasteiger charge is -2.13. The number of aromatic nitrogens is 1. The Labute approximate surface area is 135 Å². The number of nitro groups is 1. The van der Waals surface area contributed by atoms with E-state index in [9.17, 15) is 30.5 Å². The first-order valence-corrected chi connectivity index (χ1v) is 6.58. The number of rotatable bonds is 2. The fraction of sp³-hybridized carbons (Fsp3) is 0.133. The summed E-state index contributed by atoms with van der Waals surface area (Å²) in [6.07, 6.45) is 0. The Morgan fingerprint density at radius 2 is 1.88 bits per heavy atom. The Balaban J connectivity index is 3.10. The first kappa shape index (κ1) is 16.5. The molecule has 1 aromatic heterocycles. The Kier molecular flexibility index (Phi) is 3.95. The van der Waals surface area contributed by atoms with Crippen LogP contribution in [0.5, 0.6) is 5.75 Å². The highest BCUT2D eigenvalue weighted by atomic mass is 16.6. The van der Waals surface area contributed by atoms with Gasteiger partial charge in [-0.2, -0.15) is 10.5 Å². The van der Waals surface area contributed by atoms with Gasteiger partial charge in [0.1, 0.15) is 29.1 Å². The predicted molar refractivity (Wildman–Crippen MR) is 84.1 cm³/mol. The summed E-state index contributed by atoms with van der Waals surface area (Å²) in [6, 6.07) is 4.76. The molecule has 0 bridgehead atoms. The molecule has 0 radical (unpaired) electrons. The molecule has 9 nitrogen and oxygen atoms in total. The Hall–Kier alpha value is -3.85. The molecule has 0 aliphatic heterocycles. The maximum atomic E-state index is 11.9. The molecule has 0 aliphatic rings. The molecule has 0 aliphatic carbocycles. The van der Waals surface area contributed by atoms with Crippen LogP contribution in [0.3, 0.4) is 0 Å². The lowest BCUT2D eigenvalue weighted by Crippen LogP contribution is -2.16. The molecule has 1 heterocycles. The number of aromatic amines is 1. The standard InChI is InChI=1S/C15H11N5O4/c1-6-3-8(13(21)12(7(6)2)20(23)24)11-9(4-16)14(18)19-15(22)10(11)5-17/h3,21H,1-2H3,(H3,18,19,22). The van der Waals surface area contributed by atoms with E-state index >= 15 is 0 Å². The van der Waals surface area contributed by atoms with Crippen LogP contribution in [0.25, 0.3) is 11.1 Å². The number of phenolic OH excluding ortho intramolecular Hbond substituents is 1. The number of nitrogen functional groups attached to an aromatic ring is 1. The van der Waals surface area contributed by atoms with Crippen LogP contribution in [-0.4, -0.2) is 15.0 Å². The number of pyridine rings is 1. The molecule has 120 valence electrons. The number of nitro benzene ring substituents is 1. The lowest BCUT2D eigenvalue weighted by atomic mass is 9.92. The first-order valence-electron chi connectivity index (χ1n) is 6.58. The van der Waals surface area contributed by atoms with Crippen LogP contribution in [0.2, 0.25) is 0 Å². The molecule has 9 heteroatoms. The minimum Gasteiger partial charge on any atom is -0.502 e. The van der Waals surface area contributed by atoms with E-state index in [0.29, 0.717) is 5.56 Å². The summed E-state index contributed by atoms with van der Waals surface area (Å²) >= 11 is 0. The summed E-state index contributed by atoms with van der Waals surface area (Å²) in [5, 5.41) is 40.1. The van der Waals surface area contributed by atoms with Crippen molar-refractivity contribution in [1.82, 2.24) is 4.98 Å². The molecule has 0 atom stereocenters. The van der Waals surface area contributed by atoms with Crippen molar-refractivity contribution in [3.05, 3.63) is 48.8 Å². The van der Waals surface area contributed by atoms with E-state index in [-0.39, 0.29) is 28.1 Å². The number of aromatic hydroxyl groups is 1. The zero-order chi connectivity index (χ0) is 18.2. The molecule has 2 aromatic rings. The topological polar surface area (TPSA) is 170 Å². The number of H-pyrrole nitrogens is 1. The number of benzene rings is 1. The van der Waals surface area contributed by atoms with Crippen molar-refractivity contribution in [3.63, 3.8) is 0 Å². The van der Waals surface area contributed by atoms with Gasteiger partial charge >= 0.3 is 5.69 Å². The van der Waals surface area contributed by atoms with Gasteiger partial charge in [-0.1, -0.05) is 0 Å². The van der Waals surface area contributed by atoms with Gasteiger partial charge in [-0.05, 0) is 25.5 Å². The second kappa shape index (κ2) is 5.74. The summed E-state index contributed by atoms with van der Waals surface area (Å²) in [4.78, 5) is 24.6. The summed E-state index contributed by atoms with van der Waals surface area (Å²) in [5.41, 5.74) is 3.75. The fourth-order valence-electron chi connectivity index (χ4n) is 2.41. The number of nitrogens with one attached hydrogen (secondary N) is 1. The normalized spacial score (nSPS) is 10.0.